The minimum atomic E-state index is -1.02. The van der Waals surface area contributed by atoms with Gasteiger partial charge in [-0.1, -0.05) is 77.6 Å². The minimum Gasteiger partial charge on any atom is -0.544 e. The number of quaternary nitrogens is 1. The lowest BCUT2D eigenvalue weighted by atomic mass is 10.0. The number of rotatable bonds is 18. The van der Waals surface area contributed by atoms with Crippen molar-refractivity contribution < 1.29 is 19.5 Å². The van der Waals surface area contributed by atoms with E-state index in [0.29, 0.717) is 24.0 Å². The van der Waals surface area contributed by atoms with Crippen molar-refractivity contribution in [1.29, 1.82) is 0 Å². The van der Waals surface area contributed by atoms with Gasteiger partial charge in [-0.2, -0.15) is 0 Å². The number of carbonyl (C=O) groups excluding carboxylic acids is 1. The van der Waals surface area contributed by atoms with Crippen molar-refractivity contribution in [2.24, 2.45) is 4.99 Å². The topological polar surface area (TPSA) is 72.7 Å². The van der Waals surface area contributed by atoms with E-state index in [-0.39, 0.29) is 13.2 Å². The van der Waals surface area contributed by atoms with Gasteiger partial charge in [-0.25, -0.2) is 4.99 Å². The summed E-state index contributed by atoms with van der Waals surface area (Å²) < 4.78 is 0.404. The molecule has 5 nitrogen and oxygen atoms in total. The van der Waals surface area contributed by atoms with Gasteiger partial charge in [-0.15, -0.1) is 0 Å². The zero-order valence-corrected chi connectivity index (χ0v) is 17.6. The van der Waals surface area contributed by atoms with Crippen molar-refractivity contribution in [3.63, 3.8) is 0 Å². The molecule has 1 aliphatic heterocycles. The highest BCUT2D eigenvalue weighted by molar-refractivity contribution is 5.79. The standard InChI is InChI=1S/C22H42N2O3/c1-2-3-4-5-6-7-8-9-10-11-12-13-15-21-23-16-18-24(21,17-14-19-25)20-22(26)27/h25H,2-20H2,1H3. The van der Waals surface area contributed by atoms with Crippen LogP contribution in [0.4, 0.5) is 0 Å². The first-order valence-corrected chi connectivity index (χ1v) is 11.4. The fraction of sp³-hybridized carbons (Fsp3) is 0.909. The first-order chi connectivity index (χ1) is 13.1. The third-order valence-electron chi connectivity index (χ3n) is 5.80. The van der Waals surface area contributed by atoms with Crippen molar-refractivity contribution in [2.75, 3.05) is 32.8 Å². The minimum absolute atomic E-state index is 0.00289. The van der Waals surface area contributed by atoms with Gasteiger partial charge < -0.3 is 15.0 Å². The molecule has 1 rings (SSSR count). The lowest BCUT2D eigenvalue weighted by Gasteiger charge is -2.35. The number of aliphatic hydroxyl groups is 1. The molecule has 0 aromatic heterocycles. The molecule has 0 saturated heterocycles. The number of nitrogens with zero attached hydrogens (tertiary/aromatic N) is 2. The van der Waals surface area contributed by atoms with E-state index in [4.69, 9.17) is 5.11 Å². The van der Waals surface area contributed by atoms with Crippen molar-refractivity contribution >= 4 is 11.8 Å². The van der Waals surface area contributed by atoms with Crippen molar-refractivity contribution in [2.45, 2.75) is 96.8 Å². The Kier molecular flexibility index (Phi) is 13.4. The second-order valence-corrected chi connectivity index (χ2v) is 8.14. The molecule has 0 bridgehead atoms. The molecule has 0 aliphatic carbocycles. The second kappa shape index (κ2) is 15.0. The molecule has 0 aromatic rings. The quantitative estimate of drug-likeness (QED) is 0.291. The van der Waals surface area contributed by atoms with E-state index in [2.05, 4.69) is 11.9 Å². The van der Waals surface area contributed by atoms with E-state index in [1.165, 1.54) is 70.6 Å². The summed E-state index contributed by atoms with van der Waals surface area (Å²) in [5.74, 6) is -0.00281. The normalized spacial score (nSPS) is 19.4. The molecule has 158 valence electrons. The van der Waals surface area contributed by atoms with Crippen LogP contribution in [0.25, 0.3) is 0 Å². The van der Waals surface area contributed by atoms with E-state index in [9.17, 15) is 9.90 Å². The summed E-state index contributed by atoms with van der Waals surface area (Å²) in [7, 11) is 0. The van der Waals surface area contributed by atoms with E-state index in [0.717, 1.165) is 25.2 Å². The molecule has 0 radical (unpaired) electrons. The lowest BCUT2D eigenvalue weighted by molar-refractivity contribution is -0.831. The van der Waals surface area contributed by atoms with Crippen LogP contribution in [-0.4, -0.2) is 54.2 Å². The summed E-state index contributed by atoms with van der Waals surface area (Å²) in [6, 6.07) is 0. The van der Waals surface area contributed by atoms with E-state index < -0.39 is 5.97 Å². The summed E-state index contributed by atoms with van der Waals surface area (Å²) in [5, 5.41) is 20.3. The Balaban J connectivity index is 2.13. The average Bonchev–Trinajstić information content (AvgIpc) is 3.02. The molecule has 1 aliphatic rings. The number of carboxylic acids is 1. The number of aliphatic imine (C=N–C) groups is 1. The highest BCUT2D eigenvalue weighted by atomic mass is 16.4. The number of carboxylic acid groups (broad SMARTS) is 1. The Morgan fingerprint density at radius 1 is 0.963 bits per heavy atom. The highest BCUT2D eigenvalue weighted by Gasteiger charge is 2.37. The van der Waals surface area contributed by atoms with Crippen molar-refractivity contribution in [3.05, 3.63) is 0 Å². The van der Waals surface area contributed by atoms with Crippen LogP contribution in [0.1, 0.15) is 96.8 Å². The Morgan fingerprint density at radius 3 is 2.04 bits per heavy atom. The molecule has 1 atom stereocenters. The van der Waals surface area contributed by atoms with E-state index >= 15 is 0 Å². The number of aliphatic carboxylic acids is 1. The Bertz CT molecular complexity index is 426. The van der Waals surface area contributed by atoms with Crippen LogP contribution >= 0.6 is 0 Å². The molecule has 0 saturated carbocycles. The molecule has 0 fully saturated rings. The second-order valence-electron chi connectivity index (χ2n) is 8.14. The predicted molar refractivity (Wildman–Crippen MR) is 110 cm³/mol. The zero-order valence-electron chi connectivity index (χ0n) is 17.6. The van der Waals surface area contributed by atoms with Crippen LogP contribution < -0.4 is 5.11 Å². The van der Waals surface area contributed by atoms with Crippen LogP contribution in [0.15, 0.2) is 4.99 Å². The molecule has 0 amide bonds. The molecule has 5 heteroatoms. The molecular weight excluding hydrogens is 340 g/mol. The fourth-order valence-electron chi connectivity index (χ4n) is 4.20. The summed E-state index contributed by atoms with van der Waals surface area (Å²) >= 11 is 0. The third kappa shape index (κ3) is 10.2. The number of unbranched alkanes of at least 4 members (excludes halogenated alkanes) is 11. The summed E-state index contributed by atoms with van der Waals surface area (Å²) in [6.07, 6.45) is 17.3. The van der Waals surface area contributed by atoms with Crippen LogP contribution in [0.5, 0.6) is 0 Å². The van der Waals surface area contributed by atoms with Crippen LogP contribution in [0.2, 0.25) is 0 Å². The van der Waals surface area contributed by atoms with Gasteiger partial charge >= 0.3 is 0 Å². The van der Waals surface area contributed by atoms with Gasteiger partial charge in [0.25, 0.3) is 0 Å². The Morgan fingerprint density at radius 2 is 1.52 bits per heavy atom. The molecule has 0 aromatic carbocycles. The van der Waals surface area contributed by atoms with Gasteiger partial charge in [-0.3, -0.25) is 4.48 Å². The first kappa shape index (κ1) is 24.1. The SMILES string of the molecule is CCCCCCCCCCCCCCC1=NCC[N+]1(CCCO)CC(=O)[O-]. The largest absolute Gasteiger partial charge is 0.544 e. The Hall–Kier alpha value is -0.940. The lowest BCUT2D eigenvalue weighted by Crippen LogP contribution is -2.57. The smallest absolute Gasteiger partial charge is 0.198 e. The maximum Gasteiger partial charge on any atom is 0.198 e. The number of carbonyl (C=O) groups is 1. The number of hydrogen-bond acceptors (Lipinski definition) is 4. The zero-order chi connectivity index (χ0) is 19.8. The predicted octanol–water partition coefficient (Wildman–Crippen LogP) is 3.44. The van der Waals surface area contributed by atoms with Crippen LogP contribution in [0, 0.1) is 0 Å². The maximum absolute atomic E-state index is 11.2. The molecular formula is C22H42N2O3. The number of amidine groups is 1. The van der Waals surface area contributed by atoms with Gasteiger partial charge in [0, 0.05) is 19.4 Å². The average molecular weight is 383 g/mol. The Labute approximate surface area is 166 Å². The van der Waals surface area contributed by atoms with Gasteiger partial charge in [0.15, 0.2) is 5.84 Å². The van der Waals surface area contributed by atoms with Gasteiger partial charge in [0.05, 0.1) is 19.1 Å². The number of hydrogen-bond donors (Lipinski definition) is 1. The third-order valence-corrected chi connectivity index (χ3v) is 5.80. The monoisotopic (exact) mass is 382 g/mol. The van der Waals surface area contributed by atoms with Crippen LogP contribution in [-0.2, 0) is 4.79 Å². The summed E-state index contributed by atoms with van der Waals surface area (Å²) in [5.41, 5.74) is 0. The number of aliphatic hydroxyl groups excluding tert-OH is 1. The van der Waals surface area contributed by atoms with Crippen molar-refractivity contribution in [1.82, 2.24) is 0 Å². The van der Waals surface area contributed by atoms with Crippen LogP contribution in [0.3, 0.4) is 0 Å². The van der Waals surface area contributed by atoms with E-state index in [1.807, 2.05) is 0 Å². The van der Waals surface area contributed by atoms with Gasteiger partial charge in [0.1, 0.15) is 13.1 Å². The fourth-order valence-corrected chi connectivity index (χ4v) is 4.20. The summed E-state index contributed by atoms with van der Waals surface area (Å²) in [4.78, 5) is 15.8. The summed E-state index contributed by atoms with van der Waals surface area (Å²) in [6.45, 7) is 4.45. The molecule has 1 heterocycles. The molecule has 27 heavy (non-hydrogen) atoms. The highest BCUT2D eigenvalue weighted by Crippen LogP contribution is 2.21. The van der Waals surface area contributed by atoms with Gasteiger partial charge in [-0.05, 0) is 6.42 Å². The molecule has 0 spiro atoms. The van der Waals surface area contributed by atoms with E-state index in [1.54, 1.807) is 0 Å². The maximum atomic E-state index is 11.2. The first-order valence-electron chi connectivity index (χ1n) is 11.4. The molecule has 1 N–H and O–H groups in total. The molecule has 1 unspecified atom stereocenters. The van der Waals surface area contributed by atoms with Crippen molar-refractivity contribution in [3.8, 4) is 0 Å². The van der Waals surface area contributed by atoms with Gasteiger partial charge in [0.2, 0.25) is 0 Å².